The number of sulfonamides is 1. The second-order valence-corrected chi connectivity index (χ2v) is 9.58. The summed E-state index contributed by atoms with van der Waals surface area (Å²) in [7, 11) is -3.72. The smallest absolute Gasteiger partial charge is 0.243 e. The number of aliphatic hydroxyl groups is 1. The van der Waals surface area contributed by atoms with Gasteiger partial charge in [-0.2, -0.15) is 4.31 Å². The third-order valence-electron chi connectivity index (χ3n) is 5.29. The Morgan fingerprint density at radius 3 is 2.00 bits per heavy atom. The maximum Gasteiger partial charge on any atom is 0.243 e. The van der Waals surface area contributed by atoms with Crippen LogP contribution >= 0.6 is 11.6 Å². The van der Waals surface area contributed by atoms with Gasteiger partial charge in [-0.25, -0.2) is 8.42 Å². The predicted octanol–water partition coefficient (Wildman–Crippen LogP) is 4.52. The molecule has 0 aliphatic heterocycles. The number of likely N-dealkylation sites (N-methyl/N-ethyl adjacent to an activating group) is 1. The van der Waals surface area contributed by atoms with E-state index in [2.05, 4.69) is 16.7 Å². The lowest BCUT2D eigenvalue weighted by Gasteiger charge is -2.24. The number of hydrogen-bond donors (Lipinski definition) is 1. The molecule has 1 unspecified atom stereocenters. The number of nitrogens with zero attached hydrogens (tertiary/aromatic N) is 2. The highest BCUT2D eigenvalue weighted by Gasteiger charge is 2.26. The summed E-state index contributed by atoms with van der Waals surface area (Å²) in [4.78, 5) is 0.165. The predicted molar refractivity (Wildman–Crippen MR) is 121 cm³/mol. The summed E-state index contributed by atoms with van der Waals surface area (Å²) in [6.45, 7) is 2.32. The molecule has 0 saturated carbocycles. The number of aromatic nitrogens is 1. The minimum Gasteiger partial charge on any atom is -0.390 e. The van der Waals surface area contributed by atoms with Crippen LogP contribution in [0.5, 0.6) is 0 Å². The lowest BCUT2D eigenvalue weighted by Crippen LogP contribution is -2.38. The fraction of sp³-hybridized carbons (Fsp3) is 0.217. The second kappa shape index (κ2) is 8.40. The maximum absolute atomic E-state index is 13.0. The summed E-state index contributed by atoms with van der Waals surface area (Å²) in [6.07, 6.45) is -0.869. The lowest BCUT2D eigenvalue weighted by molar-refractivity contribution is 0.131. The summed E-state index contributed by atoms with van der Waals surface area (Å²) in [6, 6.07) is 22.1. The molecule has 0 radical (unpaired) electrons. The Balaban J connectivity index is 1.62. The highest BCUT2D eigenvalue weighted by atomic mass is 35.5. The SMILES string of the molecule is CCN(CC(O)Cn1c2ccccc2c2ccccc21)S(=O)(=O)c1ccc(Cl)cc1. The van der Waals surface area contributed by atoms with Gasteiger partial charge in [0.2, 0.25) is 10.0 Å². The fourth-order valence-corrected chi connectivity index (χ4v) is 5.47. The van der Waals surface area contributed by atoms with Crippen molar-refractivity contribution in [2.45, 2.75) is 24.5 Å². The zero-order valence-electron chi connectivity index (χ0n) is 16.6. The van der Waals surface area contributed by atoms with Crippen LogP contribution < -0.4 is 0 Å². The Morgan fingerprint density at radius 2 is 1.47 bits per heavy atom. The van der Waals surface area contributed by atoms with E-state index in [1.807, 2.05) is 36.4 Å². The van der Waals surface area contributed by atoms with Crippen LogP contribution in [0, 0.1) is 0 Å². The molecule has 1 atom stereocenters. The van der Waals surface area contributed by atoms with Crippen molar-refractivity contribution < 1.29 is 13.5 Å². The number of hydrogen-bond acceptors (Lipinski definition) is 3. The first kappa shape index (κ1) is 20.9. The average molecular weight is 443 g/mol. The van der Waals surface area contributed by atoms with Gasteiger partial charge in [-0.05, 0) is 36.4 Å². The average Bonchev–Trinajstić information content (AvgIpc) is 3.06. The van der Waals surface area contributed by atoms with Gasteiger partial charge < -0.3 is 9.67 Å². The summed E-state index contributed by atoms with van der Waals surface area (Å²) >= 11 is 5.88. The normalized spacial score (nSPS) is 13.3. The molecular formula is C23H23ClN2O3S. The van der Waals surface area contributed by atoms with Crippen LogP contribution in [0.15, 0.2) is 77.7 Å². The number of halogens is 1. The number of fused-ring (bicyclic) bond motifs is 3. The first-order chi connectivity index (χ1) is 14.4. The van der Waals surface area contributed by atoms with Gasteiger partial charge in [-0.1, -0.05) is 54.9 Å². The topological polar surface area (TPSA) is 62.5 Å². The zero-order chi connectivity index (χ0) is 21.3. The highest BCUT2D eigenvalue weighted by molar-refractivity contribution is 7.89. The first-order valence-corrected chi connectivity index (χ1v) is 11.6. The molecule has 0 aliphatic carbocycles. The Kier molecular flexibility index (Phi) is 5.84. The molecule has 0 fully saturated rings. The van der Waals surface area contributed by atoms with Gasteiger partial charge in [0.15, 0.2) is 0 Å². The largest absolute Gasteiger partial charge is 0.390 e. The van der Waals surface area contributed by atoms with Crippen molar-refractivity contribution in [1.82, 2.24) is 8.87 Å². The van der Waals surface area contributed by atoms with E-state index in [0.29, 0.717) is 11.6 Å². The van der Waals surface area contributed by atoms with E-state index in [-0.39, 0.29) is 18.0 Å². The summed E-state index contributed by atoms with van der Waals surface area (Å²) in [5, 5.41) is 13.5. The molecular weight excluding hydrogens is 420 g/mol. The molecule has 0 amide bonds. The van der Waals surface area contributed by atoms with Crippen LogP contribution in [0.3, 0.4) is 0 Å². The summed E-state index contributed by atoms with van der Waals surface area (Å²) in [5.41, 5.74) is 2.03. The minimum absolute atomic E-state index is 0.00228. The van der Waals surface area contributed by atoms with E-state index in [9.17, 15) is 13.5 Å². The molecule has 0 saturated heterocycles. The quantitative estimate of drug-likeness (QED) is 0.457. The zero-order valence-corrected chi connectivity index (χ0v) is 18.1. The van der Waals surface area contributed by atoms with Crippen molar-refractivity contribution in [3.63, 3.8) is 0 Å². The molecule has 1 aromatic heterocycles. The Morgan fingerprint density at radius 1 is 0.933 bits per heavy atom. The van der Waals surface area contributed by atoms with Crippen LogP contribution in [0.4, 0.5) is 0 Å². The van der Waals surface area contributed by atoms with E-state index in [4.69, 9.17) is 11.6 Å². The van der Waals surface area contributed by atoms with Crippen molar-refractivity contribution >= 4 is 43.4 Å². The van der Waals surface area contributed by atoms with Crippen molar-refractivity contribution in [2.24, 2.45) is 0 Å². The molecule has 0 bridgehead atoms. The molecule has 0 aliphatic rings. The first-order valence-electron chi connectivity index (χ1n) is 9.81. The molecule has 3 aromatic carbocycles. The monoisotopic (exact) mass is 442 g/mol. The summed E-state index contributed by atoms with van der Waals surface area (Å²) in [5.74, 6) is 0. The fourth-order valence-electron chi connectivity index (χ4n) is 3.86. The molecule has 1 heterocycles. The Labute approximate surface area is 181 Å². The van der Waals surface area contributed by atoms with E-state index < -0.39 is 16.1 Å². The van der Waals surface area contributed by atoms with Crippen LogP contribution in [0.1, 0.15) is 6.92 Å². The van der Waals surface area contributed by atoms with E-state index >= 15 is 0 Å². The number of rotatable bonds is 7. The van der Waals surface area contributed by atoms with E-state index in [0.717, 1.165) is 21.8 Å². The molecule has 1 N–H and O–H groups in total. The number of para-hydroxylation sites is 2. The number of aliphatic hydroxyl groups excluding tert-OH is 1. The van der Waals surface area contributed by atoms with E-state index in [1.165, 1.54) is 16.4 Å². The van der Waals surface area contributed by atoms with Gasteiger partial charge in [0.1, 0.15) is 0 Å². The third-order valence-corrected chi connectivity index (χ3v) is 7.50. The molecule has 7 heteroatoms. The van der Waals surface area contributed by atoms with Gasteiger partial charge in [0, 0.05) is 39.9 Å². The van der Waals surface area contributed by atoms with Gasteiger partial charge in [0.25, 0.3) is 0 Å². The third kappa shape index (κ3) is 3.84. The molecule has 30 heavy (non-hydrogen) atoms. The molecule has 4 rings (SSSR count). The standard InChI is InChI=1S/C23H23ClN2O3S/c1-2-25(30(28,29)19-13-11-17(24)12-14-19)15-18(27)16-26-22-9-5-3-7-20(22)21-8-4-6-10-23(21)26/h3-14,18,27H,2,15-16H2,1H3. The van der Waals surface area contributed by atoms with Gasteiger partial charge in [-0.15, -0.1) is 0 Å². The van der Waals surface area contributed by atoms with Crippen molar-refractivity contribution in [2.75, 3.05) is 13.1 Å². The molecule has 156 valence electrons. The number of benzene rings is 3. The van der Waals surface area contributed by atoms with Crippen LogP contribution in [-0.4, -0.2) is 41.6 Å². The molecule has 0 spiro atoms. The summed E-state index contributed by atoms with van der Waals surface area (Å²) < 4.78 is 29.4. The minimum atomic E-state index is -3.72. The van der Waals surface area contributed by atoms with Gasteiger partial charge in [-0.3, -0.25) is 0 Å². The lowest BCUT2D eigenvalue weighted by atomic mass is 10.2. The molecule has 5 nitrogen and oxygen atoms in total. The second-order valence-electron chi connectivity index (χ2n) is 7.21. The van der Waals surface area contributed by atoms with Crippen molar-refractivity contribution in [3.05, 3.63) is 77.8 Å². The van der Waals surface area contributed by atoms with Gasteiger partial charge in [0.05, 0.1) is 17.5 Å². The van der Waals surface area contributed by atoms with Crippen LogP contribution in [0.25, 0.3) is 21.8 Å². The Bertz CT molecular complexity index is 1230. The Hall–Kier alpha value is -2.38. The molecule has 4 aromatic rings. The van der Waals surface area contributed by atoms with Crippen LogP contribution in [-0.2, 0) is 16.6 Å². The van der Waals surface area contributed by atoms with Crippen molar-refractivity contribution in [3.8, 4) is 0 Å². The van der Waals surface area contributed by atoms with Crippen molar-refractivity contribution in [1.29, 1.82) is 0 Å². The van der Waals surface area contributed by atoms with Crippen LogP contribution in [0.2, 0.25) is 5.02 Å². The van der Waals surface area contributed by atoms with Gasteiger partial charge >= 0.3 is 0 Å². The maximum atomic E-state index is 13.0. The highest BCUT2D eigenvalue weighted by Crippen LogP contribution is 2.29. The van der Waals surface area contributed by atoms with E-state index in [1.54, 1.807) is 19.1 Å².